The normalized spacial score (nSPS) is 12.3. The third kappa shape index (κ3) is 1.95. The van der Waals surface area contributed by atoms with Crippen molar-refractivity contribution in [3.63, 3.8) is 0 Å². The van der Waals surface area contributed by atoms with Gasteiger partial charge in [-0.15, -0.1) is 22.7 Å². The largest absolute Gasteiger partial charge is 0.241 e. The van der Waals surface area contributed by atoms with Crippen molar-refractivity contribution in [1.29, 1.82) is 0 Å². The molecule has 3 rings (SSSR count). The summed E-state index contributed by atoms with van der Waals surface area (Å²) in [5, 5.41) is 2.61. The molecular formula is C15H17NS2. The molecule has 0 spiro atoms. The van der Waals surface area contributed by atoms with Gasteiger partial charge in [-0.05, 0) is 29.5 Å². The van der Waals surface area contributed by atoms with E-state index < -0.39 is 0 Å². The summed E-state index contributed by atoms with van der Waals surface area (Å²) in [7, 11) is 0. The first-order chi connectivity index (χ1) is 8.54. The smallest absolute Gasteiger partial charge is 0.0963 e. The van der Waals surface area contributed by atoms with Crippen molar-refractivity contribution in [2.24, 2.45) is 0 Å². The number of hydrogen-bond acceptors (Lipinski definition) is 3. The van der Waals surface area contributed by atoms with Crippen molar-refractivity contribution in [3.8, 4) is 0 Å². The topological polar surface area (TPSA) is 12.9 Å². The summed E-state index contributed by atoms with van der Waals surface area (Å²) in [4.78, 5) is 6.21. The molecule has 3 aromatic rings. The van der Waals surface area contributed by atoms with Crippen LogP contribution in [0.15, 0.2) is 18.2 Å². The molecular weight excluding hydrogens is 258 g/mol. The number of aromatic nitrogens is 1. The van der Waals surface area contributed by atoms with Gasteiger partial charge in [0.2, 0.25) is 0 Å². The van der Waals surface area contributed by atoms with Gasteiger partial charge in [-0.25, -0.2) is 4.98 Å². The van der Waals surface area contributed by atoms with Crippen LogP contribution in [0, 0.1) is 0 Å². The minimum Gasteiger partial charge on any atom is -0.241 e. The molecule has 2 aromatic heterocycles. The van der Waals surface area contributed by atoms with E-state index in [1.54, 1.807) is 0 Å². The van der Waals surface area contributed by atoms with Crippen LogP contribution in [0.5, 0.6) is 0 Å². The molecule has 2 heterocycles. The molecule has 0 N–H and O–H groups in total. The summed E-state index contributed by atoms with van der Waals surface area (Å²) in [5.74, 6) is 1.13. The van der Waals surface area contributed by atoms with Crippen molar-refractivity contribution in [3.05, 3.63) is 28.1 Å². The van der Waals surface area contributed by atoms with E-state index in [1.807, 2.05) is 22.7 Å². The van der Waals surface area contributed by atoms with Gasteiger partial charge in [0.05, 0.1) is 15.2 Å². The number of nitrogens with zero attached hydrogens (tertiary/aromatic N) is 1. The summed E-state index contributed by atoms with van der Waals surface area (Å²) < 4.78 is 2.69. The number of rotatable bonds is 2. The van der Waals surface area contributed by atoms with Crippen LogP contribution in [-0.2, 0) is 0 Å². The summed E-state index contributed by atoms with van der Waals surface area (Å²) in [6, 6.07) is 6.89. The lowest BCUT2D eigenvalue weighted by Gasteiger charge is -1.96. The Labute approximate surface area is 115 Å². The highest BCUT2D eigenvalue weighted by atomic mass is 32.1. The van der Waals surface area contributed by atoms with Gasteiger partial charge in [-0.2, -0.15) is 0 Å². The van der Waals surface area contributed by atoms with Crippen LogP contribution < -0.4 is 0 Å². The SMILES string of the molecule is CC(C)c1cc2cc3sc(C(C)C)nc3cc2s1. The summed E-state index contributed by atoms with van der Waals surface area (Å²) in [5.41, 5.74) is 1.16. The molecule has 0 saturated carbocycles. The Bertz CT molecular complexity index is 595. The molecule has 0 fully saturated rings. The average molecular weight is 275 g/mol. The second kappa shape index (κ2) is 4.32. The van der Waals surface area contributed by atoms with Gasteiger partial charge in [-0.1, -0.05) is 27.7 Å². The van der Waals surface area contributed by atoms with E-state index in [-0.39, 0.29) is 0 Å². The minimum atomic E-state index is 0.520. The molecule has 0 aliphatic rings. The number of fused-ring (bicyclic) bond motifs is 2. The maximum atomic E-state index is 4.74. The van der Waals surface area contributed by atoms with Gasteiger partial charge in [-0.3, -0.25) is 0 Å². The van der Waals surface area contributed by atoms with Gasteiger partial charge in [0.1, 0.15) is 0 Å². The number of hydrogen-bond donors (Lipinski definition) is 0. The highest BCUT2D eigenvalue weighted by Crippen LogP contribution is 2.36. The molecule has 3 heteroatoms. The van der Waals surface area contributed by atoms with Crippen LogP contribution >= 0.6 is 22.7 Å². The van der Waals surface area contributed by atoms with Gasteiger partial charge < -0.3 is 0 Å². The van der Waals surface area contributed by atoms with Crippen molar-refractivity contribution < 1.29 is 0 Å². The third-order valence-corrected chi connectivity index (χ3v) is 5.84. The molecule has 0 saturated heterocycles. The molecule has 0 bridgehead atoms. The van der Waals surface area contributed by atoms with Gasteiger partial charge >= 0.3 is 0 Å². The number of thiophene rings is 1. The standard InChI is InChI=1S/C15H17NS2/c1-8(2)12-5-10-6-14-11(7-13(10)17-12)16-15(18-14)9(3)4/h5-9H,1-4H3. The predicted molar refractivity (Wildman–Crippen MR) is 83.2 cm³/mol. The first-order valence-electron chi connectivity index (χ1n) is 6.38. The van der Waals surface area contributed by atoms with E-state index >= 15 is 0 Å². The van der Waals surface area contributed by atoms with Gasteiger partial charge in [0.15, 0.2) is 0 Å². The Morgan fingerprint density at radius 3 is 2.33 bits per heavy atom. The maximum absolute atomic E-state index is 4.74. The second-order valence-electron chi connectivity index (χ2n) is 5.37. The Morgan fingerprint density at radius 1 is 0.889 bits per heavy atom. The zero-order valence-electron chi connectivity index (χ0n) is 11.2. The quantitative estimate of drug-likeness (QED) is 0.579. The summed E-state index contributed by atoms with van der Waals surface area (Å²) >= 11 is 3.73. The van der Waals surface area contributed by atoms with E-state index in [0.29, 0.717) is 11.8 Å². The van der Waals surface area contributed by atoms with E-state index in [4.69, 9.17) is 4.98 Å². The van der Waals surface area contributed by atoms with E-state index in [2.05, 4.69) is 45.9 Å². The van der Waals surface area contributed by atoms with Crippen molar-refractivity contribution in [1.82, 2.24) is 4.98 Å². The Hall–Kier alpha value is -0.930. The first kappa shape index (κ1) is 12.1. The number of thiazole rings is 1. The summed E-state index contributed by atoms with van der Waals surface area (Å²) in [6.07, 6.45) is 0. The zero-order valence-corrected chi connectivity index (χ0v) is 12.8. The van der Waals surface area contributed by atoms with Gasteiger partial charge in [0, 0.05) is 15.5 Å². The van der Waals surface area contributed by atoms with Crippen molar-refractivity contribution in [2.75, 3.05) is 0 Å². The molecule has 0 unspecified atom stereocenters. The lowest BCUT2D eigenvalue weighted by molar-refractivity contribution is 0.857. The van der Waals surface area contributed by atoms with Crippen LogP contribution in [0.2, 0.25) is 0 Å². The first-order valence-corrected chi connectivity index (χ1v) is 8.02. The van der Waals surface area contributed by atoms with Crippen LogP contribution in [0.25, 0.3) is 20.3 Å². The van der Waals surface area contributed by atoms with E-state index in [1.165, 1.54) is 24.7 Å². The van der Waals surface area contributed by atoms with Crippen LogP contribution in [0.4, 0.5) is 0 Å². The van der Waals surface area contributed by atoms with Crippen LogP contribution in [-0.4, -0.2) is 4.98 Å². The molecule has 18 heavy (non-hydrogen) atoms. The minimum absolute atomic E-state index is 0.520. The second-order valence-corrected chi connectivity index (χ2v) is 7.55. The molecule has 1 nitrogen and oxygen atoms in total. The predicted octanol–water partition coefficient (Wildman–Crippen LogP) is 5.76. The van der Waals surface area contributed by atoms with Crippen LogP contribution in [0.1, 0.15) is 49.4 Å². The van der Waals surface area contributed by atoms with Gasteiger partial charge in [0.25, 0.3) is 0 Å². The summed E-state index contributed by atoms with van der Waals surface area (Å²) in [6.45, 7) is 8.91. The lowest BCUT2D eigenvalue weighted by atomic mass is 10.1. The monoisotopic (exact) mass is 275 g/mol. The van der Waals surface area contributed by atoms with Crippen molar-refractivity contribution >= 4 is 43.0 Å². The van der Waals surface area contributed by atoms with E-state index in [0.717, 1.165) is 5.52 Å². The van der Waals surface area contributed by atoms with Crippen molar-refractivity contribution in [2.45, 2.75) is 39.5 Å². The maximum Gasteiger partial charge on any atom is 0.0963 e. The molecule has 0 amide bonds. The highest BCUT2D eigenvalue weighted by Gasteiger charge is 2.11. The fourth-order valence-corrected chi connectivity index (χ4v) is 4.11. The third-order valence-electron chi connectivity index (χ3n) is 3.13. The van der Waals surface area contributed by atoms with E-state index in [9.17, 15) is 0 Å². The lowest BCUT2D eigenvalue weighted by Crippen LogP contribution is -1.82. The average Bonchev–Trinajstić information content (AvgIpc) is 2.87. The zero-order chi connectivity index (χ0) is 12.9. The highest BCUT2D eigenvalue weighted by molar-refractivity contribution is 7.20. The Morgan fingerprint density at radius 2 is 1.67 bits per heavy atom. The fourth-order valence-electron chi connectivity index (χ4n) is 2.03. The molecule has 1 aromatic carbocycles. The molecule has 0 aliphatic heterocycles. The Kier molecular flexibility index (Phi) is 2.91. The molecule has 0 radical (unpaired) electrons. The molecule has 0 aliphatic carbocycles. The molecule has 94 valence electrons. The number of benzene rings is 1. The Balaban J connectivity index is 2.21. The fraction of sp³-hybridized carbons (Fsp3) is 0.400. The molecule has 0 atom stereocenters. The van der Waals surface area contributed by atoms with Crippen LogP contribution in [0.3, 0.4) is 0 Å².